The highest BCUT2D eigenvalue weighted by Crippen LogP contribution is 2.26. The van der Waals surface area contributed by atoms with Crippen LogP contribution in [0.1, 0.15) is 30.9 Å². The fourth-order valence-corrected chi connectivity index (χ4v) is 3.90. The summed E-state index contributed by atoms with van der Waals surface area (Å²) in [5.74, 6) is 0. The van der Waals surface area contributed by atoms with E-state index in [1.54, 1.807) is 13.0 Å². The fourth-order valence-electron chi connectivity index (χ4n) is 1.91. The number of sulfonamides is 1. The van der Waals surface area contributed by atoms with E-state index < -0.39 is 10.0 Å². The van der Waals surface area contributed by atoms with Crippen molar-refractivity contribution in [2.75, 3.05) is 6.54 Å². The Kier molecular flexibility index (Phi) is 4.66. The third-order valence-corrected chi connectivity index (χ3v) is 5.65. The third-order valence-electron chi connectivity index (χ3n) is 3.15. The molecule has 0 radical (unpaired) electrons. The molecule has 6 heteroatoms. The largest absolute Gasteiger partial charge is 0.310 e. The predicted octanol–water partition coefficient (Wildman–Crippen LogP) is 2.31. The third kappa shape index (κ3) is 3.78. The molecule has 1 saturated carbocycles. The highest BCUT2D eigenvalue weighted by atomic mass is 79.9. The zero-order valence-electron chi connectivity index (χ0n) is 11.2. The summed E-state index contributed by atoms with van der Waals surface area (Å²) in [6, 6.07) is 4.34. The number of benzene rings is 1. The average Bonchev–Trinajstić information content (AvgIpc) is 3.14. The van der Waals surface area contributed by atoms with Crippen LogP contribution >= 0.6 is 15.9 Å². The summed E-state index contributed by atoms with van der Waals surface area (Å²) >= 11 is 3.44. The monoisotopic (exact) mass is 346 g/mol. The number of halogens is 1. The molecule has 1 aromatic carbocycles. The molecule has 0 amide bonds. The number of hydrogen-bond donors (Lipinski definition) is 2. The van der Waals surface area contributed by atoms with E-state index in [9.17, 15) is 8.42 Å². The van der Waals surface area contributed by atoms with E-state index in [4.69, 9.17) is 0 Å². The van der Waals surface area contributed by atoms with Gasteiger partial charge in [-0.25, -0.2) is 13.1 Å². The van der Waals surface area contributed by atoms with Gasteiger partial charge in [0.05, 0.1) is 4.90 Å². The van der Waals surface area contributed by atoms with Crippen LogP contribution < -0.4 is 10.0 Å². The maximum Gasteiger partial charge on any atom is 0.240 e. The summed E-state index contributed by atoms with van der Waals surface area (Å²) in [6.45, 7) is 4.69. The molecule has 0 unspecified atom stereocenters. The first-order valence-electron chi connectivity index (χ1n) is 6.46. The second kappa shape index (κ2) is 5.91. The molecule has 0 aromatic heterocycles. The zero-order chi connectivity index (χ0) is 14.0. The topological polar surface area (TPSA) is 58.2 Å². The second-order valence-corrected chi connectivity index (χ2v) is 7.45. The van der Waals surface area contributed by atoms with Crippen LogP contribution in [0.5, 0.6) is 0 Å². The van der Waals surface area contributed by atoms with Crippen LogP contribution in [-0.2, 0) is 16.6 Å². The van der Waals surface area contributed by atoms with Crippen molar-refractivity contribution < 1.29 is 8.42 Å². The van der Waals surface area contributed by atoms with Gasteiger partial charge in [-0.3, -0.25) is 0 Å². The van der Waals surface area contributed by atoms with Gasteiger partial charge < -0.3 is 5.32 Å². The first kappa shape index (κ1) is 15.0. The Bertz CT molecular complexity index is 568. The maximum absolute atomic E-state index is 12.2. The number of nitrogens with one attached hydrogen (secondary N) is 2. The van der Waals surface area contributed by atoms with Crippen LogP contribution in [0.2, 0.25) is 0 Å². The van der Waals surface area contributed by atoms with E-state index in [1.165, 1.54) is 12.8 Å². The van der Waals surface area contributed by atoms with E-state index in [2.05, 4.69) is 26.0 Å². The van der Waals surface area contributed by atoms with Crippen molar-refractivity contribution in [3.63, 3.8) is 0 Å². The molecular weight excluding hydrogens is 328 g/mol. The first-order chi connectivity index (χ1) is 8.94. The molecule has 0 saturated heterocycles. The van der Waals surface area contributed by atoms with Crippen molar-refractivity contribution in [1.29, 1.82) is 0 Å². The quantitative estimate of drug-likeness (QED) is 0.830. The van der Waals surface area contributed by atoms with Crippen LogP contribution in [0.3, 0.4) is 0 Å². The van der Waals surface area contributed by atoms with E-state index in [0.717, 1.165) is 15.6 Å². The summed E-state index contributed by atoms with van der Waals surface area (Å²) in [7, 11) is -3.42. The van der Waals surface area contributed by atoms with Crippen LogP contribution in [0, 0.1) is 6.92 Å². The normalized spacial score (nSPS) is 15.7. The van der Waals surface area contributed by atoms with E-state index >= 15 is 0 Å². The van der Waals surface area contributed by atoms with Crippen LogP contribution in [-0.4, -0.2) is 21.0 Å². The molecule has 1 aliphatic carbocycles. The van der Waals surface area contributed by atoms with Gasteiger partial charge in [-0.05, 0) is 43.0 Å². The summed E-state index contributed by atoms with van der Waals surface area (Å²) < 4.78 is 27.7. The fraction of sp³-hybridized carbons (Fsp3) is 0.538. The van der Waals surface area contributed by atoms with Gasteiger partial charge in [-0.15, -0.1) is 0 Å². The Morgan fingerprint density at radius 1 is 1.37 bits per heavy atom. The van der Waals surface area contributed by atoms with Crippen molar-refractivity contribution in [1.82, 2.24) is 10.0 Å². The standard InChI is InChI=1S/C13H19BrN2O2S/c1-3-16-19(17,18)13-7-10(6-12(14)9(13)2)8-15-11-4-5-11/h6-7,11,15-16H,3-5,8H2,1-2H3. The van der Waals surface area contributed by atoms with Gasteiger partial charge in [0.2, 0.25) is 10.0 Å². The van der Waals surface area contributed by atoms with Crippen LogP contribution in [0.25, 0.3) is 0 Å². The minimum absolute atomic E-state index is 0.358. The molecule has 4 nitrogen and oxygen atoms in total. The maximum atomic E-state index is 12.2. The van der Waals surface area contributed by atoms with Crippen LogP contribution in [0.4, 0.5) is 0 Å². The zero-order valence-corrected chi connectivity index (χ0v) is 13.6. The van der Waals surface area contributed by atoms with Crippen molar-refractivity contribution >= 4 is 26.0 Å². The van der Waals surface area contributed by atoms with Gasteiger partial charge in [-0.2, -0.15) is 0 Å². The summed E-state index contributed by atoms with van der Waals surface area (Å²) in [6.07, 6.45) is 2.44. The Balaban J connectivity index is 2.30. The average molecular weight is 347 g/mol. The lowest BCUT2D eigenvalue weighted by Gasteiger charge is -2.12. The molecule has 0 bridgehead atoms. The Labute approximate surface area is 123 Å². The van der Waals surface area contributed by atoms with Crippen molar-refractivity contribution in [2.45, 2.75) is 44.2 Å². The SMILES string of the molecule is CCNS(=O)(=O)c1cc(CNC2CC2)cc(Br)c1C. The molecule has 0 heterocycles. The highest BCUT2D eigenvalue weighted by Gasteiger charge is 2.22. The number of rotatable bonds is 6. The molecule has 2 rings (SSSR count). The molecule has 1 aliphatic rings. The molecule has 0 aliphatic heterocycles. The molecule has 1 aromatic rings. The smallest absolute Gasteiger partial charge is 0.240 e. The van der Waals surface area contributed by atoms with Crippen molar-refractivity contribution in [3.05, 3.63) is 27.7 Å². The lowest BCUT2D eigenvalue weighted by Crippen LogP contribution is -2.24. The van der Waals surface area contributed by atoms with Gasteiger partial charge in [0.15, 0.2) is 0 Å². The van der Waals surface area contributed by atoms with Gasteiger partial charge >= 0.3 is 0 Å². The Morgan fingerprint density at radius 3 is 2.63 bits per heavy atom. The predicted molar refractivity (Wildman–Crippen MR) is 79.6 cm³/mol. The van der Waals surface area contributed by atoms with Crippen molar-refractivity contribution in [3.8, 4) is 0 Å². The Morgan fingerprint density at radius 2 is 2.05 bits per heavy atom. The lowest BCUT2D eigenvalue weighted by molar-refractivity contribution is 0.583. The van der Waals surface area contributed by atoms with E-state index in [1.807, 2.05) is 13.0 Å². The lowest BCUT2D eigenvalue weighted by atomic mass is 10.1. The number of hydrogen-bond acceptors (Lipinski definition) is 3. The summed E-state index contributed by atoms with van der Waals surface area (Å²) in [5, 5.41) is 3.39. The van der Waals surface area contributed by atoms with Crippen LogP contribution in [0.15, 0.2) is 21.5 Å². The summed E-state index contributed by atoms with van der Waals surface area (Å²) in [5.41, 5.74) is 1.73. The highest BCUT2D eigenvalue weighted by molar-refractivity contribution is 9.10. The second-order valence-electron chi connectivity index (χ2n) is 4.86. The van der Waals surface area contributed by atoms with Crippen molar-refractivity contribution in [2.24, 2.45) is 0 Å². The molecule has 0 atom stereocenters. The van der Waals surface area contributed by atoms with Gasteiger partial charge in [0, 0.05) is 23.6 Å². The van der Waals surface area contributed by atoms with Gasteiger partial charge in [-0.1, -0.05) is 22.9 Å². The minimum atomic E-state index is -3.42. The summed E-state index contributed by atoms with van der Waals surface area (Å²) in [4.78, 5) is 0.358. The molecule has 0 spiro atoms. The molecule has 2 N–H and O–H groups in total. The molecule has 1 fully saturated rings. The molecular formula is C13H19BrN2O2S. The van der Waals surface area contributed by atoms with E-state index in [-0.39, 0.29) is 0 Å². The first-order valence-corrected chi connectivity index (χ1v) is 8.73. The van der Waals surface area contributed by atoms with E-state index in [0.29, 0.717) is 24.0 Å². The van der Waals surface area contributed by atoms with Gasteiger partial charge in [0.25, 0.3) is 0 Å². The Hall–Kier alpha value is -0.430. The minimum Gasteiger partial charge on any atom is -0.310 e. The van der Waals surface area contributed by atoms with Gasteiger partial charge in [0.1, 0.15) is 0 Å². The molecule has 19 heavy (non-hydrogen) atoms. The molecule has 106 valence electrons.